The van der Waals surface area contributed by atoms with Gasteiger partial charge in [-0.25, -0.2) is 9.78 Å². The van der Waals surface area contributed by atoms with E-state index in [-0.39, 0.29) is 10.8 Å². The summed E-state index contributed by atoms with van der Waals surface area (Å²) in [6, 6.07) is 8.24. The largest absolute Gasteiger partial charge is 0.491 e. The number of esters is 1. The number of aromatic nitrogens is 1. The Morgan fingerprint density at radius 1 is 1.12 bits per heavy atom. The quantitative estimate of drug-likeness (QED) is 0.656. The molecule has 0 radical (unpaired) electrons. The molecule has 0 saturated carbocycles. The van der Waals surface area contributed by atoms with Crippen molar-refractivity contribution in [3.8, 4) is 11.6 Å². The Labute approximate surface area is 143 Å². The van der Waals surface area contributed by atoms with E-state index in [1.807, 2.05) is 0 Å². The van der Waals surface area contributed by atoms with Crippen LogP contribution in [0.5, 0.6) is 11.6 Å². The highest BCUT2D eigenvalue weighted by Gasteiger charge is 2.15. The number of thioether (sulfide) groups is 1. The van der Waals surface area contributed by atoms with Gasteiger partial charge in [0.15, 0.2) is 5.75 Å². The zero-order chi connectivity index (χ0) is 17.5. The monoisotopic (exact) mass is 348 g/mol. The summed E-state index contributed by atoms with van der Waals surface area (Å²) in [5.41, 5.74) is 0.648. The minimum absolute atomic E-state index is 0.277. The number of benzene rings is 1. The standard InChI is InChI=1S/C16H16N2O5S/c1-21-13-8-10(9-17-14(13)22-2)24-16(20)18-12-7-5-4-6-11(12)15(19)23-3/h4-9H,1-3H3,(H,18,20). The van der Waals surface area contributed by atoms with Gasteiger partial charge in [0.05, 0.1) is 32.6 Å². The van der Waals surface area contributed by atoms with Gasteiger partial charge in [0.1, 0.15) is 0 Å². The maximum absolute atomic E-state index is 12.2. The number of para-hydroxylation sites is 1. The van der Waals surface area contributed by atoms with Crippen LogP contribution in [0, 0.1) is 0 Å². The summed E-state index contributed by atoms with van der Waals surface area (Å²) < 4.78 is 14.9. The molecule has 0 atom stereocenters. The van der Waals surface area contributed by atoms with Crippen molar-refractivity contribution < 1.29 is 23.8 Å². The molecular weight excluding hydrogens is 332 g/mol. The first-order valence-electron chi connectivity index (χ1n) is 6.83. The Morgan fingerprint density at radius 2 is 1.88 bits per heavy atom. The number of hydrogen-bond acceptors (Lipinski definition) is 7. The predicted octanol–water partition coefficient (Wildman–Crippen LogP) is 3.21. The second kappa shape index (κ2) is 8.21. The lowest BCUT2D eigenvalue weighted by Crippen LogP contribution is -2.11. The Kier molecular flexibility index (Phi) is 6.02. The molecule has 1 heterocycles. The third kappa shape index (κ3) is 4.17. The molecular formula is C16H16N2O5S. The lowest BCUT2D eigenvalue weighted by Gasteiger charge is -2.10. The van der Waals surface area contributed by atoms with Crippen molar-refractivity contribution in [3.63, 3.8) is 0 Å². The van der Waals surface area contributed by atoms with Gasteiger partial charge in [-0.15, -0.1) is 0 Å². The van der Waals surface area contributed by atoms with E-state index in [4.69, 9.17) is 14.2 Å². The topological polar surface area (TPSA) is 86.8 Å². The number of nitrogens with one attached hydrogen (secondary N) is 1. The summed E-state index contributed by atoms with van der Waals surface area (Å²) >= 11 is 0.915. The fourth-order valence-corrected chi connectivity index (χ4v) is 2.54. The number of ether oxygens (including phenoxy) is 3. The number of anilines is 1. The highest BCUT2D eigenvalue weighted by molar-refractivity contribution is 8.13. The van der Waals surface area contributed by atoms with E-state index in [0.717, 1.165) is 11.8 Å². The van der Waals surface area contributed by atoms with Gasteiger partial charge in [-0.3, -0.25) is 4.79 Å². The van der Waals surface area contributed by atoms with Crippen LogP contribution in [0.4, 0.5) is 10.5 Å². The van der Waals surface area contributed by atoms with Crippen molar-refractivity contribution in [2.24, 2.45) is 0 Å². The number of hydrogen-bond donors (Lipinski definition) is 1. The van der Waals surface area contributed by atoms with Crippen molar-refractivity contribution in [2.75, 3.05) is 26.6 Å². The molecule has 2 rings (SSSR count). The first-order valence-corrected chi connectivity index (χ1v) is 7.65. The van der Waals surface area contributed by atoms with E-state index >= 15 is 0 Å². The Balaban J connectivity index is 2.13. The number of carbonyl (C=O) groups excluding carboxylic acids is 2. The molecule has 0 aliphatic carbocycles. The smallest absolute Gasteiger partial charge is 0.339 e. The van der Waals surface area contributed by atoms with E-state index in [0.29, 0.717) is 22.2 Å². The fourth-order valence-electron chi connectivity index (χ4n) is 1.89. The predicted molar refractivity (Wildman–Crippen MR) is 90.0 cm³/mol. The van der Waals surface area contributed by atoms with Crippen LogP contribution >= 0.6 is 11.8 Å². The molecule has 1 N–H and O–H groups in total. The molecule has 0 bridgehead atoms. The second-order valence-electron chi connectivity index (χ2n) is 4.43. The normalized spacial score (nSPS) is 9.96. The lowest BCUT2D eigenvalue weighted by molar-refractivity contribution is 0.0602. The van der Waals surface area contributed by atoms with Gasteiger partial charge in [0.2, 0.25) is 0 Å². The van der Waals surface area contributed by atoms with Crippen LogP contribution in [0.1, 0.15) is 10.4 Å². The van der Waals surface area contributed by atoms with Crippen LogP contribution in [0.25, 0.3) is 0 Å². The molecule has 1 aromatic carbocycles. The van der Waals surface area contributed by atoms with Crippen LogP contribution in [0.15, 0.2) is 41.4 Å². The summed E-state index contributed by atoms with van der Waals surface area (Å²) in [7, 11) is 4.25. The zero-order valence-electron chi connectivity index (χ0n) is 13.4. The van der Waals surface area contributed by atoms with E-state index in [1.54, 1.807) is 30.3 Å². The number of amides is 1. The molecule has 0 fully saturated rings. The molecule has 8 heteroatoms. The molecule has 1 aromatic heterocycles. The molecule has 0 spiro atoms. The van der Waals surface area contributed by atoms with Crippen molar-refractivity contribution >= 4 is 28.7 Å². The average Bonchev–Trinajstić information content (AvgIpc) is 2.61. The molecule has 126 valence electrons. The fraction of sp³-hybridized carbons (Fsp3) is 0.188. The van der Waals surface area contributed by atoms with Gasteiger partial charge in [-0.1, -0.05) is 12.1 Å². The third-order valence-corrected chi connectivity index (χ3v) is 3.73. The molecule has 0 saturated heterocycles. The summed E-state index contributed by atoms with van der Waals surface area (Å²) in [5, 5.41) is 2.29. The van der Waals surface area contributed by atoms with Gasteiger partial charge >= 0.3 is 5.97 Å². The minimum Gasteiger partial charge on any atom is -0.491 e. The summed E-state index contributed by atoms with van der Waals surface area (Å²) in [6.45, 7) is 0. The van der Waals surface area contributed by atoms with E-state index in [1.165, 1.54) is 27.5 Å². The number of methoxy groups -OCH3 is 3. The van der Waals surface area contributed by atoms with Crippen molar-refractivity contribution in [1.29, 1.82) is 0 Å². The van der Waals surface area contributed by atoms with Crippen molar-refractivity contribution in [1.82, 2.24) is 4.98 Å². The first-order chi connectivity index (χ1) is 11.6. The highest BCUT2D eigenvalue weighted by atomic mass is 32.2. The summed E-state index contributed by atoms with van der Waals surface area (Å²) in [6.07, 6.45) is 1.50. The van der Waals surface area contributed by atoms with Gasteiger partial charge in [-0.2, -0.15) is 0 Å². The summed E-state index contributed by atoms with van der Waals surface area (Å²) in [4.78, 5) is 28.5. The van der Waals surface area contributed by atoms with Crippen molar-refractivity contribution in [2.45, 2.75) is 4.90 Å². The van der Waals surface area contributed by atoms with Gasteiger partial charge in [-0.05, 0) is 23.9 Å². The zero-order valence-corrected chi connectivity index (χ0v) is 14.2. The number of nitrogens with zero attached hydrogens (tertiary/aromatic N) is 1. The lowest BCUT2D eigenvalue weighted by atomic mass is 10.2. The second-order valence-corrected chi connectivity index (χ2v) is 5.48. The van der Waals surface area contributed by atoms with Gasteiger partial charge in [0, 0.05) is 17.2 Å². The molecule has 1 amide bonds. The molecule has 7 nitrogen and oxygen atoms in total. The molecule has 0 unspecified atom stereocenters. The Morgan fingerprint density at radius 3 is 2.54 bits per heavy atom. The maximum Gasteiger partial charge on any atom is 0.339 e. The SMILES string of the molecule is COC(=O)c1ccccc1NC(=O)Sc1cnc(OC)c(OC)c1. The molecule has 0 aliphatic heterocycles. The van der Waals surface area contributed by atoms with Crippen LogP contribution in [-0.4, -0.2) is 37.5 Å². The molecule has 2 aromatic rings. The van der Waals surface area contributed by atoms with Crippen molar-refractivity contribution in [3.05, 3.63) is 42.1 Å². The Bertz CT molecular complexity index is 751. The molecule has 24 heavy (non-hydrogen) atoms. The third-order valence-electron chi connectivity index (χ3n) is 2.99. The average molecular weight is 348 g/mol. The number of carbonyl (C=O) groups is 2. The van der Waals surface area contributed by atoms with Gasteiger partial charge in [0.25, 0.3) is 11.1 Å². The highest BCUT2D eigenvalue weighted by Crippen LogP contribution is 2.30. The van der Waals surface area contributed by atoms with E-state index in [2.05, 4.69) is 10.3 Å². The van der Waals surface area contributed by atoms with Crippen LogP contribution in [0.2, 0.25) is 0 Å². The van der Waals surface area contributed by atoms with Crippen LogP contribution < -0.4 is 14.8 Å². The molecule has 0 aliphatic rings. The number of rotatable bonds is 5. The van der Waals surface area contributed by atoms with E-state index in [9.17, 15) is 9.59 Å². The number of pyridine rings is 1. The van der Waals surface area contributed by atoms with Gasteiger partial charge < -0.3 is 19.5 Å². The van der Waals surface area contributed by atoms with Crippen LogP contribution in [0.3, 0.4) is 0 Å². The minimum atomic E-state index is -0.524. The first kappa shape index (κ1) is 17.6. The van der Waals surface area contributed by atoms with E-state index < -0.39 is 5.97 Å². The maximum atomic E-state index is 12.2. The summed E-state index contributed by atoms with van der Waals surface area (Å²) in [5.74, 6) is 0.229. The van der Waals surface area contributed by atoms with Crippen LogP contribution in [-0.2, 0) is 4.74 Å². The Hall–Kier alpha value is -2.74.